The Kier molecular flexibility index (Phi) is 4.54. The molecule has 0 saturated heterocycles. The lowest BCUT2D eigenvalue weighted by molar-refractivity contribution is -0.112. The molecule has 21 heavy (non-hydrogen) atoms. The summed E-state index contributed by atoms with van der Waals surface area (Å²) in [5, 5.41) is 16.0. The molecule has 7 nitrogen and oxygen atoms in total. The minimum atomic E-state index is -0.437. The van der Waals surface area contributed by atoms with Gasteiger partial charge in [-0.2, -0.15) is 5.10 Å². The third-order valence-electron chi connectivity index (χ3n) is 2.87. The number of amides is 1. The number of hydrogen-bond donors (Lipinski definition) is 1. The summed E-state index contributed by atoms with van der Waals surface area (Å²) in [7, 11) is 0. The van der Waals surface area contributed by atoms with Crippen molar-refractivity contribution in [2.24, 2.45) is 5.16 Å². The van der Waals surface area contributed by atoms with Crippen molar-refractivity contribution in [3.8, 4) is 5.69 Å². The average Bonchev–Trinajstić information content (AvgIpc) is 2.90. The van der Waals surface area contributed by atoms with Gasteiger partial charge in [0, 0.05) is 12.7 Å². The SMILES string of the molecule is CCN(C(=O)/C(C)=N/O)c1cn(-c2cccnc2)nc1Cl. The first-order valence-electron chi connectivity index (χ1n) is 6.24. The highest BCUT2D eigenvalue weighted by Crippen LogP contribution is 2.26. The van der Waals surface area contributed by atoms with Gasteiger partial charge in [0.05, 0.1) is 18.1 Å². The molecule has 0 bridgehead atoms. The topological polar surface area (TPSA) is 83.6 Å². The maximum absolute atomic E-state index is 12.1. The van der Waals surface area contributed by atoms with Crippen molar-refractivity contribution in [2.45, 2.75) is 13.8 Å². The van der Waals surface area contributed by atoms with Gasteiger partial charge in [-0.05, 0) is 26.0 Å². The summed E-state index contributed by atoms with van der Waals surface area (Å²) in [5.41, 5.74) is 1.14. The van der Waals surface area contributed by atoms with E-state index in [1.54, 1.807) is 31.6 Å². The third kappa shape index (κ3) is 3.03. The normalized spacial score (nSPS) is 11.5. The van der Waals surface area contributed by atoms with Gasteiger partial charge >= 0.3 is 0 Å². The number of rotatable bonds is 4. The minimum absolute atomic E-state index is 0.0259. The number of pyridine rings is 1. The number of hydrogen-bond acceptors (Lipinski definition) is 5. The van der Waals surface area contributed by atoms with Crippen LogP contribution in [0, 0.1) is 0 Å². The molecule has 0 aliphatic heterocycles. The molecule has 8 heteroatoms. The number of halogens is 1. The molecule has 2 heterocycles. The van der Waals surface area contributed by atoms with Crippen molar-refractivity contribution in [3.05, 3.63) is 35.9 Å². The molecular weight excluding hydrogens is 294 g/mol. The van der Waals surface area contributed by atoms with Gasteiger partial charge in [-0.1, -0.05) is 16.8 Å². The Morgan fingerprint density at radius 2 is 2.33 bits per heavy atom. The van der Waals surface area contributed by atoms with Crippen LogP contribution in [0.25, 0.3) is 5.69 Å². The predicted molar refractivity (Wildman–Crippen MR) is 79.3 cm³/mol. The highest BCUT2D eigenvalue weighted by Gasteiger charge is 2.22. The number of oxime groups is 1. The number of carbonyl (C=O) groups is 1. The molecule has 2 aromatic heterocycles. The van der Waals surface area contributed by atoms with Gasteiger partial charge in [-0.3, -0.25) is 9.78 Å². The molecule has 0 fully saturated rings. The standard InChI is InChI=1S/C13H14ClN5O2/c1-3-18(13(20)9(2)17-21)11-8-19(16-12(11)14)10-5-4-6-15-7-10/h4-8,21H,3H2,1-2H3/b17-9+. The molecule has 0 unspecified atom stereocenters. The van der Waals surface area contributed by atoms with Crippen LogP contribution in [0.2, 0.25) is 5.15 Å². The number of nitrogens with zero attached hydrogens (tertiary/aromatic N) is 5. The Labute approximate surface area is 126 Å². The molecule has 0 atom stereocenters. The van der Waals surface area contributed by atoms with Crippen molar-refractivity contribution in [1.29, 1.82) is 0 Å². The lowest BCUT2D eigenvalue weighted by Gasteiger charge is -2.18. The van der Waals surface area contributed by atoms with Crippen molar-refractivity contribution < 1.29 is 10.0 Å². The number of aromatic nitrogens is 3. The molecule has 0 aliphatic rings. The molecule has 0 aromatic carbocycles. The van der Waals surface area contributed by atoms with Gasteiger partial charge in [0.15, 0.2) is 5.15 Å². The van der Waals surface area contributed by atoms with E-state index in [0.29, 0.717) is 12.2 Å². The smallest absolute Gasteiger partial charge is 0.275 e. The van der Waals surface area contributed by atoms with Gasteiger partial charge in [-0.15, -0.1) is 0 Å². The maximum atomic E-state index is 12.1. The fourth-order valence-corrected chi connectivity index (χ4v) is 2.04. The summed E-state index contributed by atoms with van der Waals surface area (Å²) in [5.74, 6) is -0.437. The van der Waals surface area contributed by atoms with Crippen LogP contribution in [0.1, 0.15) is 13.8 Å². The molecule has 1 N–H and O–H groups in total. The molecule has 0 aliphatic carbocycles. The minimum Gasteiger partial charge on any atom is -0.410 e. The predicted octanol–water partition coefficient (Wildman–Crippen LogP) is 2.12. The Hall–Kier alpha value is -2.41. The second kappa shape index (κ2) is 6.36. The van der Waals surface area contributed by atoms with E-state index < -0.39 is 5.91 Å². The lowest BCUT2D eigenvalue weighted by atomic mass is 10.3. The first kappa shape index (κ1) is 15.0. The Morgan fingerprint density at radius 1 is 1.57 bits per heavy atom. The van der Waals surface area contributed by atoms with E-state index in [0.717, 1.165) is 5.69 Å². The maximum Gasteiger partial charge on any atom is 0.275 e. The van der Waals surface area contributed by atoms with Crippen molar-refractivity contribution in [2.75, 3.05) is 11.4 Å². The van der Waals surface area contributed by atoms with Crippen LogP contribution < -0.4 is 4.90 Å². The van der Waals surface area contributed by atoms with Gasteiger partial charge in [0.2, 0.25) is 0 Å². The van der Waals surface area contributed by atoms with Crippen LogP contribution in [-0.2, 0) is 4.79 Å². The van der Waals surface area contributed by atoms with E-state index in [9.17, 15) is 4.79 Å². The van der Waals surface area contributed by atoms with E-state index >= 15 is 0 Å². The average molecular weight is 308 g/mol. The van der Waals surface area contributed by atoms with Crippen LogP contribution in [0.4, 0.5) is 5.69 Å². The van der Waals surface area contributed by atoms with E-state index in [1.165, 1.54) is 16.5 Å². The third-order valence-corrected chi connectivity index (χ3v) is 3.14. The van der Waals surface area contributed by atoms with Gasteiger partial charge in [0.1, 0.15) is 11.4 Å². The molecule has 0 saturated carbocycles. The largest absolute Gasteiger partial charge is 0.410 e. The van der Waals surface area contributed by atoms with E-state index in [4.69, 9.17) is 16.8 Å². The summed E-state index contributed by atoms with van der Waals surface area (Å²) < 4.78 is 1.53. The van der Waals surface area contributed by atoms with Crippen molar-refractivity contribution >= 4 is 28.9 Å². The second-order valence-electron chi connectivity index (χ2n) is 4.20. The van der Waals surface area contributed by atoms with Crippen LogP contribution in [0.5, 0.6) is 0 Å². The molecule has 2 aromatic rings. The lowest BCUT2D eigenvalue weighted by Crippen LogP contribution is -2.35. The highest BCUT2D eigenvalue weighted by atomic mass is 35.5. The first-order valence-corrected chi connectivity index (χ1v) is 6.62. The fourth-order valence-electron chi connectivity index (χ4n) is 1.81. The van der Waals surface area contributed by atoms with Crippen molar-refractivity contribution in [1.82, 2.24) is 14.8 Å². The summed E-state index contributed by atoms with van der Waals surface area (Å²) in [6.45, 7) is 3.58. The fraction of sp³-hybridized carbons (Fsp3) is 0.231. The van der Waals surface area contributed by atoms with Crippen LogP contribution in [0.15, 0.2) is 35.9 Å². The summed E-state index contributed by atoms with van der Waals surface area (Å²) in [4.78, 5) is 17.5. The number of carbonyl (C=O) groups excluding carboxylic acids is 1. The molecule has 0 radical (unpaired) electrons. The Morgan fingerprint density at radius 3 is 2.90 bits per heavy atom. The van der Waals surface area contributed by atoms with Crippen LogP contribution in [-0.4, -0.2) is 38.1 Å². The number of anilines is 1. The highest BCUT2D eigenvalue weighted by molar-refractivity contribution is 6.43. The molecule has 1 amide bonds. The van der Waals surface area contributed by atoms with E-state index in [-0.39, 0.29) is 10.9 Å². The van der Waals surface area contributed by atoms with Crippen molar-refractivity contribution in [3.63, 3.8) is 0 Å². The quantitative estimate of drug-likeness (QED) is 0.533. The molecule has 110 valence electrons. The Balaban J connectivity index is 2.40. The Bertz CT molecular complexity index is 668. The van der Waals surface area contributed by atoms with E-state index in [1.807, 2.05) is 6.07 Å². The van der Waals surface area contributed by atoms with Crippen LogP contribution >= 0.6 is 11.6 Å². The zero-order valence-corrected chi connectivity index (χ0v) is 12.3. The molecule has 0 spiro atoms. The summed E-state index contributed by atoms with van der Waals surface area (Å²) in [6, 6.07) is 3.59. The van der Waals surface area contributed by atoms with Crippen LogP contribution in [0.3, 0.4) is 0 Å². The second-order valence-corrected chi connectivity index (χ2v) is 4.55. The zero-order valence-electron chi connectivity index (χ0n) is 11.6. The van der Waals surface area contributed by atoms with E-state index in [2.05, 4.69) is 15.2 Å². The van der Waals surface area contributed by atoms with Gasteiger partial charge < -0.3 is 10.1 Å². The summed E-state index contributed by atoms with van der Waals surface area (Å²) in [6.07, 6.45) is 4.91. The zero-order chi connectivity index (χ0) is 15.4. The first-order chi connectivity index (χ1) is 10.1. The monoisotopic (exact) mass is 307 g/mol. The van der Waals surface area contributed by atoms with Gasteiger partial charge in [0.25, 0.3) is 5.91 Å². The molecular formula is C13H14ClN5O2. The molecule has 2 rings (SSSR count). The summed E-state index contributed by atoms with van der Waals surface area (Å²) >= 11 is 6.11. The van der Waals surface area contributed by atoms with Gasteiger partial charge in [-0.25, -0.2) is 4.68 Å².